The van der Waals surface area contributed by atoms with Crippen molar-refractivity contribution in [2.75, 3.05) is 31.2 Å². The van der Waals surface area contributed by atoms with E-state index in [-0.39, 0.29) is 24.4 Å². The fraction of sp³-hybridized carbons (Fsp3) is 0.481. The summed E-state index contributed by atoms with van der Waals surface area (Å²) in [6.07, 6.45) is -2.60. The molecular weight excluding hydrogens is 531 g/mol. The number of hydrogen-bond donors (Lipinski definition) is 0. The van der Waals surface area contributed by atoms with Crippen LogP contribution in [0.5, 0.6) is 0 Å². The van der Waals surface area contributed by atoms with Gasteiger partial charge >= 0.3 is 6.18 Å². The van der Waals surface area contributed by atoms with Gasteiger partial charge in [-0.3, -0.25) is 9.47 Å². The third-order valence-electron chi connectivity index (χ3n) is 8.84. The molecular formula is C27H25ClF3N7O. The topological polar surface area (TPSA) is 83.1 Å². The second-order valence-electron chi connectivity index (χ2n) is 11.3. The molecule has 39 heavy (non-hydrogen) atoms. The van der Waals surface area contributed by atoms with Gasteiger partial charge in [0.1, 0.15) is 17.7 Å². The molecule has 3 aliphatic heterocycles. The largest absolute Gasteiger partial charge is 0.411 e. The summed E-state index contributed by atoms with van der Waals surface area (Å²) in [5, 5.41) is 18.6. The Morgan fingerprint density at radius 2 is 1.87 bits per heavy atom. The highest BCUT2D eigenvalue weighted by atomic mass is 35.5. The predicted octanol–water partition coefficient (Wildman–Crippen LogP) is 4.53. The van der Waals surface area contributed by atoms with E-state index < -0.39 is 24.9 Å². The van der Waals surface area contributed by atoms with Crippen molar-refractivity contribution in [3.63, 3.8) is 0 Å². The maximum atomic E-state index is 14.2. The van der Waals surface area contributed by atoms with E-state index in [1.165, 1.54) is 4.90 Å². The Morgan fingerprint density at radius 3 is 2.51 bits per heavy atom. The Morgan fingerprint density at radius 1 is 1.10 bits per heavy atom. The van der Waals surface area contributed by atoms with E-state index >= 15 is 0 Å². The van der Waals surface area contributed by atoms with Crippen LogP contribution in [-0.2, 0) is 17.8 Å². The normalized spacial score (nSPS) is 21.7. The monoisotopic (exact) mass is 555 g/mol. The van der Waals surface area contributed by atoms with Crippen LogP contribution < -0.4 is 4.90 Å². The zero-order valence-electron chi connectivity index (χ0n) is 21.2. The number of nitrogens with zero attached hydrogens (tertiary/aromatic N) is 7. The molecule has 0 N–H and O–H groups in total. The molecule has 1 saturated carbocycles. The summed E-state index contributed by atoms with van der Waals surface area (Å²) in [6, 6.07) is 11.2. The van der Waals surface area contributed by atoms with Crippen molar-refractivity contribution in [3.8, 4) is 11.8 Å². The molecule has 8 nitrogen and oxygen atoms in total. The molecule has 0 unspecified atom stereocenters. The molecule has 1 aromatic carbocycles. The van der Waals surface area contributed by atoms with Crippen LogP contribution in [0.3, 0.4) is 0 Å². The van der Waals surface area contributed by atoms with Crippen molar-refractivity contribution >= 4 is 17.4 Å². The highest BCUT2D eigenvalue weighted by Gasteiger charge is 2.64. The van der Waals surface area contributed by atoms with E-state index in [1.807, 2.05) is 29.7 Å². The van der Waals surface area contributed by atoms with Crippen LogP contribution in [0.25, 0.3) is 5.69 Å². The third kappa shape index (κ3) is 3.68. The number of fused-ring (bicyclic) bond motifs is 3. The molecule has 5 heterocycles. The zero-order valence-corrected chi connectivity index (χ0v) is 21.9. The summed E-state index contributed by atoms with van der Waals surface area (Å²) in [4.78, 5) is 8.23. The molecule has 7 rings (SSSR count). The average Bonchev–Trinajstić information content (AvgIpc) is 3.11. The molecule has 3 fully saturated rings. The molecule has 3 aromatic rings. The van der Waals surface area contributed by atoms with Gasteiger partial charge in [0.05, 0.1) is 36.7 Å². The first-order chi connectivity index (χ1) is 18.6. The second-order valence-corrected chi connectivity index (χ2v) is 11.8. The van der Waals surface area contributed by atoms with Crippen LogP contribution >= 0.6 is 11.6 Å². The summed E-state index contributed by atoms with van der Waals surface area (Å²) < 4.78 is 49.7. The fourth-order valence-corrected chi connectivity index (χ4v) is 6.80. The Balaban J connectivity index is 1.15. The van der Waals surface area contributed by atoms with Crippen molar-refractivity contribution in [3.05, 3.63) is 63.8 Å². The number of halogens is 4. The van der Waals surface area contributed by atoms with Crippen LogP contribution in [0.2, 0.25) is 5.02 Å². The number of pyridine rings is 1. The summed E-state index contributed by atoms with van der Waals surface area (Å²) >= 11 is 6.29. The molecule has 0 amide bonds. The Kier molecular flexibility index (Phi) is 5.34. The third-order valence-corrected chi connectivity index (χ3v) is 9.07. The van der Waals surface area contributed by atoms with E-state index in [0.717, 1.165) is 49.0 Å². The summed E-state index contributed by atoms with van der Waals surface area (Å²) in [5.74, 6) is 2.32. The zero-order chi connectivity index (χ0) is 27.2. The van der Waals surface area contributed by atoms with Gasteiger partial charge in [-0.1, -0.05) is 11.6 Å². The average molecular weight is 556 g/mol. The number of benzene rings is 1. The number of nitriles is 1. The van der Waals surface area contributed by atoms with Gasteiger partial charge < -0.3 is 9.64 Å². The number of alkyl halides is 3. The highest BCUT2D eigenvalue weighted by molar-refractivity contribution is 6.30. The van der Waals surface area contributed by atoms with Crippen LogP contribution in [-0.4, -0.2) is 62.7 Å². The van der Waals surface area contributed by atoms with E-state index in [4.69, 9.17) is 21.6 Å². The number of ether oxygens (including phenoxy) is 1. The Bertz CT molecular complexity index is 1510. The number of anilines is 1. The summed E-state index contributed by atoms with van der Waals surface area (Å²) in [6.45, 7) is 2.88. The fourth-order valence-electron chi connectivity index (χ4n) is 6.61. The number of rotatable bonds is 3. The lowest BCUT2D eigenvalue weighted by Gasteiger charge is -2.59. The van der Waals surface area contributed by atoms with Gasteiger partial charge in [-0.25, -0.2) is 4.98 Å². The molecule has 2 saturated heterocycles. The molecule has 12 heteroatoms. The minimum absolute atomic E-state index is 0.0114. The van der Waals surface area contributed by atoms with Crippen molar-refractivity contribution in [1.82, 2.24) is 24.6 Å². The first kappa shape index (κ1) is 24.8. The summed E-state index contributed by atoms with van der Waals surface area (Å²) in [5.41, 5.74) is 0.899. The molecule has 1 aliphatic carbocycles. The van der Waals surface area contributed by atoms with Crippen molar-refractivity contribution < 1.29 is 17.9 Å². The maximum absolute atomic E-state index is 14.2. The molecule has 0 radical (unpaired) electrons. The highest BCUT2D eigenvalue weighted by Crippen LogP contribution is 2.57. The second kappa shape index (κ2) is 8.40. The molecule has 0 atom stereocenters. The predicted molar refractivity (Wildman–Crippen MR) is 136 cm³/mol. The summed E-state index contributed by atoms with van der Waals surface area (Å²) in [7, 11) is 0. The first-order valence-corrected chi connectivity index (χ1v) is 13.2. The van der Waals surface area contributed by atoms with Gasteiger partial charge in [0.25, 0.3) is 0 Å². The quantitative estimate of drug-likeness (QED) is 0.470. The van der Waals surface area contributed by atoms with Crippen molar-refractivity contribution in [1.29, 1.82) is 5.26 Å². The van der Waals surface area contributed by atoms with Gasteiger partial charge in [0.2, 0.25) is 0 Å². The number of aromatic nitrogens is 4. The molecule has 202 valence electrons. The van der Waals surface area contributed by atoms with Crippen LogP contribution in [0.4, 0.5) is 19.0 Å². The van der Waals surface area contributed by atoms with E-state index in [9.17, 15) is 13.2 Å². The molecule has 0 bridgehead atoms. The van der Waals surface area contributed by atoms with E-state index in [0.29, 0.717) is 22.0 Å². The van der Waals surface area contributed by atoms with Gasteiger partial charge in [0.15, 0.2) is 11.4 Å². The molecule has 1 spiro atoms. The van der Waals surface area contributed by atoms with Gasteiger partial charge in [-0.2, -0.15) is 18.4 Å². The van der Waals surface area contributed by atoms with Gasteiger partial charge in [-0.05, 0) is 55.7 Å². The standard InChI is InChI=1S/C27H25ClF3N7O/c1-16-17(9-32)2-5-22(33-16)36-12-25(13-36)7-19(8-25)24-35-34-23-11-37(26(14-39-15-26)27(29,30)31)10-18-6-20(28)3-4-21(18)38(23)24/h2-6,19H,7-8,10-15H2,1H3. The van der Waals surface area contributed by atoms with Crippen molar-refractivity contribution in [2.24, 2.45) is 5.41 Å². The maximum Gasteiger partial charge on any atom is 0.411 e. The smallest absolute Gasteiger partial charge is 0.377 e. The Labute approximate surface area is 228 Å². The van der Waals surface area contributed by atoms with E-state index in [1.54, 1.807) is 12.1 Å². The van der Waals surface area contributed by atoms with Crippen molar-refractivity contribution in [2.45, 2.75) is 50.5 Å². The number of aryl methyl sites for hydroxylation is 1. The van der Waals surface area contributed by atoms with Crippen LogP contribution in [0.15, 0.2) is 30.3 Å². The van der Waals surface area contributed by atoms with Gasteiger partial charge in [0, 0.05) is 36.0 Å². The lowest BCUT2D eigenvalue weighted by atomic mass is 9.57. The van der Waals surface area contributed by atoms with Crippen LogP contribution in [0.1, 0.15) is 47.2 Å². The molecule has 4 aliphatic rings. The minimum Gasteiger partial charge on any atom is -0.377 e. The minimum atomic E-state index is -4.44. The lowest BCUT2D eigenvalue weighted by Crippen LogP contribution is -2.69. The SMILES string of the molecule is Cc1nc(N2CC3(CC(c4nnc5n4-c4ccc(Cl)cc4CN(C4(C(F)(F)F)COC4)C5)C3)C2)ccc1C#N. The lowest BCUT2D eigenvalue weighted by molar-refractivity contribution is -0.310. The van der Waals surface area contributed by atoms with Crippen LogP contribution in [0, 0.1) is 23.7 Å². The Hall–Kier alpha value is -3.20. The van der Waals surface area contributed by atoms with E-state index in [2.05, 4.69) is 26.2 Å². The van der Waals surface area contributed by atoms with Gasteiger partial charge in [-0.15, -0.1) is 10.2 Å². The first-order valence-electron chi connectivity index (χ1n) is 12.9. The molecule has 2 aromatic heterocycles. The number of hydrogen-bond acceptors (Lipinski definition) is 7.